The number of hydrogen-bond donors (Lipinski definition) is 3. The number of ether oxygens (including phenoxy) is 1. The molecule has 240 valence electrons. The highest BCUT2D eigenvalue weighted by Gasteiger charge is 2.51. The average Bonchev–Trinajstić information content (AvgIpc) is 3.67. The maximum atomic E-state index is 11.6. The number of carboxylic acid groups (broad SMARTS) is 1. The van der Waals surface area contributed by atoms with Crippen LogP contribution in [-0.2, 0) is 20.7 Å². The molecular formula is C35H41BN4O6. The number of aromatic amines is 1. The number of likely N-dealkylation sites (tertiary alicyclic amines) is 1. The molecule has 1 unspecified atom stereocenters. The van der Waals surface area contributed by atoms with Crippen LogP contribution < -0.4 is 15.5 Å². The second-order valence-corrected chi connectivity index (χ2v) is 14.1. The second kappa shape index (κ2) is 11.1. The Morgan fingerprint density at radius 1 is 1.13 bits per heavy atom. The topological polar surface area (TPSA) is 126 Å². The Morgan fingerprint density at radius 2 is 1.89 bits per heavy atom. The van der Waals surface area contributed by atoms with E-state index in [4.69, 9.17) is 19.0 Å². The summed E-state index contributed by atoms with van der Waals surface area (Å²) in [6, 6.07) is 14.5. The highest BCUT2D eigenvalue weighted by atomic mass is 16.7. The van der Waals surface area contributed by atoms with Gasteiger partial charge in [0.15, 0.2) is 0 Å². The van der Waals surface area contributed by atoms with Crippen molar-refractivity contribution < 1.29 is 28.7 Å². The molecule has 11 heteroatoms. The van der Waals surface area contributed by atoms with Gasteiger partial charge in [-0.15, -0.1) is 0 Å². The molecule has 3 N–H and O–H groups in total. The van der Waals surface area contributed by atoms with Crippen LogP contribution in [0, 0.1) is 5.92 Å². The molecule has 46 heavy (non-hydrogen) atoms. The summed E-state index contributed by atoms with van der Waals surface area (Å²) < 4.78 is 18.9. The van der Waals surface area contributed by atoms with E-state index in [2.05, 4.69) is 86.2 Å². The predicted molar refractivity (Wildman–Crippen MR) is 177 cm³/mol. The van der Waals surface area contributed by atoms with Crippen LogP contribution in [0.5, 0.6) is 5.75 Å². The minimum absolute atomic E-state index is 0.0201. The number of nitrogens with one attached hydrogen (secondary N) is 2. The van der Waals surface area contributed by atoms with Gasteiger partial charge in [-0.3, -0.25) is 4.90 Å². The molecule has 3 aliphatic heterocycles. The fraction of sp³-hybridized carbons (Fsp3) is 0.457. The van der Waals surface area contributed by atoms with Gasteiger partial charge < -0.3 is 34.2 Å². The molecule has 0 radical (unpaired) electrons. The smallest absolute Gasteiger partial charge is 0.488 e. The number of H-pyrrole nitrogens is 1. The van der Waals surface area contributed by atoms with E-state index >= 15 is 0 Å². The molecule has 4 aromatic rings. The maximum absolute atomic E-state index is 11.6. The number of carbonyl (C=O) groups is 2. The van der Waals surface area contributed by atoms with Gasteiger partial charge in [0.25, 0.3) is 0 Å². The van der Waals surface area contributed by atoms with Crippen LogP contribution in [0.1, 0.15) is 71.8 Å². The molecule has 1 amide bonds. The van der Waals surface area contributed by atoms with Crippen molar-refractivity contribution in [3.63, 3.8) is 0 Å². The summed E-state index contributed by atoms with van der Waals surface area (Å²) in [4.78, 5) is 33.9. The summed E-state index contributed by atoms with van der Waals surface area (Å²) >= 11 is 0. The first-order valence-electron chi connectivity index (χ1n) is 16.1. The van der Waals surface area contributed by atoms with Crippen molar-refractivity contribution in [2.45, 2.75) is 90.3 Å². The molecule has 2 fully saturated rings. The van der Waals surface area contributed by atoms with E-state index in [1.54, 1.807) is 6.92 Å². The lowest BCUT2D eigenvalue weighted by atomic mass is 9.77. The molecule has 4 atom stereocenters. The minimum atomic E-state index is -1.13. The monoisotopic (exact) mass is 624 g/mol. The van der Waals surface area contributed by atoms with Crippen LogP contribution in [0.3, 0.4) is 0 Å². The number of aromatic nitrogens is 2. The first-order chi connectivity index (χ1) is 21.8. The van der Waals surface area contributed by atoms with Crippen LogP contribution in [0.2, 0.25) is 0 Å². The molecule has 0 spiro atoms. The molecule has 0 aliphatic carbocycles. The van der Waals surface area contributed by atoms with Gasteiger partial charge in [0.1, 0.15) is 24.5 Å². The number of benzene rings is 3. The average molecular weight is 625 g/mol. The first-order valence-corrected chi connectivity index (χ1v) is 16.1. The summed E-state index contributed by atoms with van der Waals surface area (Å²) in [5, 5.41) is 14.1. The van der Waals surface area contributed by atoms with Crippen molar-refractivity contribution >= 4 is 46.8 Å². The number of aldehydes is 1. The Labute approximate surface area is 268 Å². The van der Waals surface area contributed by atoms with E-state index in [9.17, 15) is 14.7 Å². The molecule has 7 rings (SSSR count). The lowest BCUT2D eigenvalue weighted by Crippen LogP contribution is -2.48. The number of carbonyl (C=O) groups excluding carboxylic acids is 1. The van der Waals surface area contributed by atoms with Crippen LogP contribution in [0.4, 0.5) is 4.79 Å². The Morgan fingerprint density at radius 3 is 2.61 bits per heavy atom. The van der Waals surface area contributed by atoms with Crippen LogP contribution in [-0.4, -0.2) is 69.3 Å². The molecule has 2 saturated heterocycles. The van der Waals surface area contributed by atoms with E-state index in [0.717, 1.165) is 74.7 Å². The maximum Gasteiger partial charge on any atom is 0.494 e. The highest BCUT2D eigenvalue weighted by Crippen LogP contribution is 2.43. The zero-order valence-electron chi connectivity index (χ0n) is 27.2. The van der Waals surface area contributed by atoms with E-state index in [-0.39, 0.29) is 12.1 Å². The summed E-state index contributed by atoms with van der Waals surface area (Å²) in [5.41, 5.74) is 5.27. The SMILES string of the molecule is CC(C=O)[C@@H](CN1[C@@H](C)CC[C@H]1c1nc2ccc3cc4c(cc3c2[nH]1)OCc1cc(B2OC(C)(C)C(C)(C)O2)ccc1-4)NC(=O)O. The van der Waals surface area contributed by atoms with Gasteiger partial charge in [0.2, 0.25) is 0 Å². The highest BCUT2D eigenvalue weighted by molar-refractivity contribution is 6.62. The van der Waals surface area contributed by atoms with Crippen LogP contribution in [0.25, 0.3) is 32.9 Å². The molecule has 0 saturated carbocycles. The molecule has 10 nitrogen and oxygen atoms in total. The van der Waals surface area contributed by atoms with Gasteiger partial charge in [0.05, 0.1) is 34.3 Å². The minimum Gasteiger partial charge on any atom is -0.488 e. The van der Waals surface area contributed by atoms with E-state index in [1.165, 1.54) is 0 Å². The van der Waals surface area contributed by atoms with E-state index < -0.39 is 36.4 Å². The lowest BCUT2D eigenvalue weighted by Gasteiger charge is -2.32. The Hall–Kier alpha value is -3.93. The van der Waals surface area contributed by atoms with E-state index in [0.29, 0.717) is 13.2 Å². The molecule has 3 aromatic carbocycles. The largest absolute Gasteiger partial charge is 0.494 e. The molecule has 4 heterocycles. The van der Waals surface area contributed by atoms with Gasteiger partial charge in [-0.25, -0.2) is 9.78 Å². The van der Waals surface area contributed by atoms with Crippen LogP contribution in [0.15, 0.2) is 42.5 Å². The zero-order valence-corrected chi connectivity index (χ0v) is 27.2. The third kappa shape index (κ3) is 5.14. The van der Waals surface area contributed by atoms with Gasteiger partial charge in [-0.1, -0.05) is 31.2 Å². The zero-order chi connectivity index (χ0) is 32.5. The predicted octanol–water partition coefficient (Wildman–Crippen LogP) is 5.57. The number of imidazole rings is 1. The fourth-order valence-corrected chi connectivity index (χ4v) is 7.08. The van der Waals surface area contributed by atoms with Crippen molar-refractivity contribution in [3.8, 4) is 16.9 Å². The summed E-state index contributed by atoms with van der Waals surface area (Å²) in [5.74, 6) is 1.23. The van der Waals surface area contributed by atoms with Crippen molar-refractivity contribution in [2.75, 3.05) is 6.54 Å². The Kier molecular flexibility index (Phi) is 7.41. The van der Waals surface area contributed by atoms with Crippen LogP contribution >= 0.6 is 0 Å². The number of hydrogen-bond acceptors (Lipinski definition) is 7. The third-order valence-corrected chi connectivity index (χ3v) is 10.6. The van der Waals surface area contributed by atoms with Gasteiger partial charge in [-0.2, -0.15) is 0 Å². The van der Waals surface area contributed by atoms with Gasteiger partial charge >= 0.3 is 13.2 Å². The molecule has 1 aromatic heterocycles. The molecular weight excluding hydrogens is 583 g/mol. The van der Waals surface area contributed by atoms with Gasteiger partial charge in [-0.05, 0) is 87.6 Å². The summed E-state index contributed by atoms with van der Waals surface area (Å²) in [6.45, 7) is 13.0. The third-order valence-electron chi connectivity index (χ3n) is 10.6. The Balaban J connectivity index is 1.20. The number of fused-ring (bicyclic) bond motifs is 6. The quantitative estimate of drug-likeness (QED) is 0.180. The van der Waals surface area contributed by atoms with Crippen molar-refractivity contribution in [2.24, 2.45) is 5.92 Å². The lowest BCUT2D eigenvalue weighted by molar-refractivity contribution is -0.111. The fourth-order valence-electron chi connectivity index (χ4n) is 7.08. The summed E-state index contributed by atoms with van der Waals surface area (Å²) in [6.07, 6.45) is 1.52. The standard InChI is InChI=1S/C35H41BN4O6/c1-19(17-41)28(38-33(42)43)16-40-20(2)7-12-29(40)32-37-27-11-8-21-14-26-24-10-9-23(36-45-34(3,4)35(5,6)46-36)13-22(24)18-44-30(26)15-25(21)31(27)39-32/h8-11,13-15,17,19-20,28-29,38H,7,12,16,18H2,1-6H3,(H,37,39)(H,42,43)/t19?,20-,28+,29-/m0/s1. The number of rotatable bonds is 7. The number of nitrogens with zero attached hydrogens (tertiary/aromatic N) is 2. The van der Waals surface area contributed by atoms with Gasteiger partial charge in [0, 0.05) is 29.5 Å². The van der Waals surface area contributed by atoms with Crippen molar-refractivity contribution in [3.05, 3.63) is 53.9 Å². The first kappa shape index (κ1) is 30.7. The number of amides is 1. The Bertz CT molecular complexity index is 1840. The van der Waals surface area contributed by atoms with E-state index in [1.807, 2.05) is 6.07 Å². The molecule has 3 aliphatic rings. The summed E-state index contributed by atoms with van der Waals surface area (Å²) in [7, 11) is -0.428. The van der Waals surface area contributed by atoms with Crippen molar-refractivity contribution in [1.29, 1.82) is 0 Å². The second-order valence-electron chi connectivity index (χ2n) is 14.1. The molecule has 0 bridgehead atoms. The normalized spacial score (nSPS) is 23.1. The van der Waals surface area contributed by atoms with Crippen molar-refractivity contribution in [1.82, 2.24) is 20.2 Å².